The Bertz CT molecular complexity index is 340. The Labute approximate surface area is 94.0 Å². The number of rotatable bonds is 6. The summed E-state index contributed by atoms with van der Waals surface area (Å²) in [6.45, 7) is 1.28. The Hall–Kier alpha value is -1.62. The first kappa shape index (κ1) is 12.4. The molecule has 0 atom stereocenters. The monoisotopic (exact) mass is 225 g/mol. The Morgan fingerprint density at radius 2 is 1.94 bits per heavy atom. The zero-order valence-corrected chi connectivity index (χ0v) is 9.03. The van der Waals surface area contributed by atoms with Crippen molar-refractivity contribution in [2.24, 2.45) is 11.5 Å². The van der Waals surface area contributed by atoms with E-state index in [1.165, 1.54) is 12.1 Å². The van der Waals surface area contributed by atoms with Gasteiger partial charge in [-0.25, -0.2) is 4.39 Å². The Kier molecular flexibility index (Phi) is 4.72. The molecule has 16 heavy (non-hydrogen) atoms. The van der Waals surface area contributed by atoms with Gasteiger partial charge in [-0.3, -0.25) is 4.79 Å². The van der Waals surface area contributed by atoms with E-state index in [-0.39, 0.29) is 12.4 Å². The van der Waals surface area contributed by atoms with E-state index in [1.807, 2.05) is 0 Å². The maximum atomic E-state index is 12.7. The van der Waals surface area contributed by atoms with Crippen LogP contribution in [0.2, 0.25) is 0 Å². The summed E-state index contributed by atoms with van der Waals surface area (Å²) in [5.41, 5.74) is 11.3. The summed E-state index contributed by atoms with van der Waals surface area (Å²) in [5, 5.41) is 0. The van der Waals surface area contributed by atoms with E-state index in [2.05, 4.69) is 0 Å². The summed E-state index contributed by atoms with van der Waals surface area (Å²) in [6.07, 6.45) is 0.755. The third-order valence-electron chi connectivity index (χ3n) is 2.17. The summed E-state index contributed by atoms with van der Waals surface area (Å²) in [4.78, 5) is 12.7. The summed E-state index contributed by atoms with van der Waals surface area (Å²) >= 11 is 0. The highest BCUT2D eigenvalue weighted by Gasteiger charge is 2.08. The van der Waals surface area contributed by atoms with Crippen LogP contribution < -0.4 is 16.4 Å². The van der Waals surface area contributed by atoms with Gasteiger partial charge in [-0.05, 0) is 37.2 Å². The third-order valence-corrected chi connectivity index (χ3v) is 2.17. The van der Waals surface area contributed by atoms with Crippen LogP contribution >= 0.6 is 0 Å². The number of hydrogen-bond acceptors (Lipinski definition) is 3. The van der Waals surface area contributed by atoms with Crippen LogP contribution in [0, 0.1) is 5.82 Å². The molecule has 1 aromatic rings. The average molecular weight is 225 g/mol. The number of hydrogen-bond donors (Lipinski definition) is 2. The van der Waals surface area contributed by atoms with Gasteiger partial charge in [0.15, 0.2) is 0 Å². The van der Waals surface area contributed by atoms with Crippen molar-refractivity contribution in [2.45, 2.75) is 6.42 Å². The summed E-state index contributed by atoms with van der Waals surface area (Å²) < 4.78 is 12.7. The SMILES string of the molecule is NCCCN(CC(N)=O)c1ccc(F)cc1. The lowest BCUT2D eigenvalue weighted by molar-refractivity contribution is -0.116. The molecule has 88 valence electrons. The molecule has 0 fully saturated rings. The molecule has 0 aliphatic heterocycles. The van der Waals surface area contributed by atoms with Gasteiger partial charge in [0.25, 0.3) is 0 Å². The molecule has 0 aliphatic rings. The normalized spacial score (nSPS) is 10.1. The number of nitrogens with two attached hydrogens (primary N) is 2. The number of primary amides is 1. The maximum Gasteiger partial charge on any atom is 0.236 e. The van der Waals surface area contributed by atoms with Crippen LogP contribution in [0.3, 0.4) is 0 Å². The van der Waals surface area contributed by atoms with Gasteiger partial charge in [-0.2, -0.15) is 0 Å². The third kappa shape index (κ3) is 3.86. The fourth-order valence-corrected chi connectivity index (χ4v) is 1.42. The summed E-state index contributed by atoms with van der Waals surface area (Å²) in [6, 6.07) is 5.95. The van der Waals surface area contributed by atoms with Crippen molar-refractivity contribution in [3.63, 3.8) is 0 Å². The maximum absolute atomic E-state index is 12.7. The van der Waals surface area contributed by atoms with Gasteiger partial charge in [0.05, 0.1) is 6.54 Å². The molecule has 0 saturated heterocycles. The second kappa shape index (κ2) is 6.07. The highest BCUT2D eigenvalue weighted by atomic mass is 19.1. The largest absolute Gasteiger partial charge is 0.368 e. The predicted molar refractivity (Wildman–Crippen MR) is 61.5 cm³/mol. The Morgan fingerprint density at radius 1 is 1.31 bits per heavy atom. The Balaban J connectivity index is 2.74. The van der Waals surface area contributed by atoms with Crippen molar-refractivity contribution in [3.05, 3.63) is 30.1 Å². The van der Waals surface area contributed by atoms with Gasteiger partial charge >= 0.3 is 0 Å². The quantitative estimate of drug-likeness (QED) is 0.739. The molecule has 1 amide bonds. The van der Waals surface area contributed by atoms with Crippen LogP contribution in [0.15, 0.2) is 24.3 Å². The van der Waals surface area contributed by atoms with Crippen molar-refractivity contribution in [1.29, 1.82) is 0 Å². The van der Waals surface area contributed by atoms with Crippen molar-refractivity contribution >= 4 is 11.6 Å². The van der Waals surface area contributed by atoms with E-state index in [1.54, 1.807) is 17.0 Å². The number of nitrogens with zero attached hydrogens (tertiary/aromatic N) is 1. The van der Waals surface area contributed by atoms with Crippen LogP contribution in [-0.2, 0) is 4.79 Å². The molecule has 0 radical (unpaired) electrons. The first-order valence-electron chi connectivity index (χ1n) is 5.12. The molecule has 0 heterocycles. The molecule has 0 aromatic heterocycles. The van der Waals surface area contributed by atoms with Gasteiger partial charge in [0, 0.05) is 12.2 Å². The van der Waals surface area contributed by atoms with Gasteiger partial charge < -0.3 is 16.4 Å². The molecule has 0 spiro atoms. The standard InChI is InChI=1S/C11H16FN3O/c12-9-2-4-10(5-3-9)15(7-1-6-13)8-11(14)16/h2-5H,1,6-8,13H2,(H2,14,16). The fraction of sp³-hybridized carbons (Fsp3) is 0.364. The average Bonchev–Trinajstić information content (AvgIpc) is 2.25. The van der Waals surface area contributed by atoms with Crippen molar-refractivity contribution in [3.8, 4) is 0 Å². The molecule has 0 saturated carbocycles. The topological polar surface area (TPSA) is 72.3 Å². The molecule has 0 unspecified atom stereocenters. The van der Waals surface area contributed by atoms with Gasteiger partial charge in [-0.15, -0.1) is 0 Å². The smallest absolute Gasteiger partial charge is 0.236 e. The lowest BCUT2D eigenvalue weighted by Gasteiger charge is -2.22. The van der Waals surface area contributed by atoms with E-state index < -0.39 is 5.91 Å². The molecular weight excluding hydrogens is 209 g/mol. The number of anilines is 1. The number of carbonyl (C=O) groups is 1. The van der Waals surface area contributed by atoms with E-state index >= 15 is 0 Å². The molecule has 0 aliphatic carbocycles. The number of benzene rings is 1. The minimum atomic E-state index is -0.415. The lowest BCUT2D eigenvalue weighted by atomic mass is 10.2. The minimum Gasteiger partial charge on any atom is -0.368 e. The van der Waals surface area contributed by atoms with Crippen LogP contribution in [0.5, 0.6) is 0 Å². The minimum absolute atomic E-state index is 0.117. The highest BCUT2D eigenvalue weighted by molar-refractivity contribution is 5.79. The van der Waals surface area contributed by atoms with Crippen molar-refractivity contribution in [1.82, 2.24) is 0 Å². The summed E-state index contributed by atoms with van der Waals surface area (Å²) in [5.74, 6) is -0.719. The highest BCUT2D eigenvalue weighted by Crippen LogP contribution is 2.14. The van der Waals surface area contributed by atoms with E-state index in [4.69, 9.17) is 11.5 Å². The summed E-state index contributed by atoms with van der Waals surface area (Å²) in [7, 11) is 0. The van der Waals surface area contributed by atoms with Gasteiger partial charge in [0.2, 0.25) is 5.91 Å². The molecule has 1 aromatic carbocycles. The lowest BCUT2D eigenvalue weighted by Crippen LogP contribution is -2.35. The molecule has 4 N–H and O–H groups in total. The Morgan fingerprint density at radius 3 is 2.44 bits per heavy atom. The van der Waals surface area contributed by atoms with Gasteiger partial charge in [0.1, 0.15) is 5.82 Å². The van der Waals surface area contributed by atoms with E-state index in [9.17, 15) is 9.18 Å². The molecule has 0 bridgehead atoms. The second-order valence-electron chi connectivity index (χ2n) is 3.51. The number of carbonyl (C=O) groups excluding carboxylic acids is 1. The number of amides is 1. The van der Waals surface area contributed by atoms with Crippen molar-refractivity contribution in [2.75, 3.05) is 24.5 Å². The van der Waals surface area contributed by atoms with Gasteiger partial charge in [-0.1, -0.05) is 0 Å². The second-order valence-corrected chi connectivity index (χ2v) is 3.51. The number of halogens is 1. The molecule has 1 rings (SSSR count). The zero-order valence-electron chi connectivity index (χ0n) is 9.03. The predicted octanol–water partition coefficient (Wildman–Crippen LogP) is 0.466. The van der Waals surface area contributed by atoms with Crippen molar-refractivity contribution < 1.29 is 9.18 Å². The first-order valence-corrected chi connectivity index (χ1v) is 5.12. The van der Waals surface area contributed by atoms with Crippen LogP contribution in [0.1, 0.15) is 6.42 Å². The van der Waals surface area contributed by atoms with E-state index in [0.717, 1.165) is 12.1 Å². The molecular formula is C11H16FN3O. The molecule has 5 heteroatoms. The fourth-order valence-electron chi connectivity index (χ4n) is 1.42. The van der Waals surface area contributed by atoms with Crippen LogP contribution in [0.25, 0.3) is 0 Å². The first-order chi connectivity index (χ1) is 7.63. The van der Waals surface area contributed by atoms with Crippen LogP contribution in [-0.4, -0.2) is 25.5 Å². The van der Waals surface area contributed by atoms with Crippen LogP contribution in [0.4, 0.5) is 10.1 Å². The molecule has 4 nitrogen and oxygen atoms in total. The zero-order chi connectivity index (χ0) is 12.0. The van der Waals surface area contributed by atoms with E-state index in [0.29, 0.717) is 13.1 Å².